The van der Waals surface area contributed by atoms with Crippen LogP contribution >= 0.6 is 0 Å². The quantitative estimate of drug-likeness (QED) is 0.602. The topological polar surface area (TPSA) is 117 Å². The van der Waals surface area contributed by atoms with Crippen LogP contribution in [0.4, 0.5) is 17.3 Å². The van der Waals surface area contributed by atoms with Crippen LogP contribution in [-0.4, -0.2) is 29.4 Å². The Morgan fingerprint density at radius 3 is 2.50 bits per heavy atom. The van der Waals surface area contributed by atoms with Crippen molar-refractivity contribution in [3.8, 4) is 29.0 Å². The van der Waals surface area contributed by atoms with Gasteiger partial charge in [-0.05, 0) is 29.3 Å². The van der Waals surface area contributed by atoms with Crippen molar-refractivity contribution in [2.45, 2.75) is 6.42 Å². The van der Waals surface area contributed by atoms with Crippen molar-refractivity contribution in [1.29, 1.82) is 10.5 Å². The van der Waals surface area contributed by atoms with E-state index in [2.05, 4.69) is 32.7 Å². The fourth-order valence-electron chi connectivity index (χ4n) is 3.55. The second-order valence-electron chi connectivity index (χ2n) is 6.80. The van der Waals surface area contributed by atoms with Crippen LogP contribution in [0.25, 0.3) is 11.1 Å². The maximum absolute atomic E-state index is 9.90. The number of benzene rings is 2. The number of hydrogen-bond acceptors (Lipinski definition) is 7. The van der Waals surface area contributed by atoms with Gasteiger partial charge < -0.3 is 15.7 Å². The van der Waals surface area contributed by atoms with E-state index >= 15 is 0 Å². The molecule has 1 aliphatic heterocycles. The first-order chi connectivity index (χ1) is 14.6. The van der Waals surface area contributed by atoms with E-state index in [1.807, 2.05) is 24.3 Å². The minimum Gasteiger partial charge on any atom is -0.508 e. The summed E-state index contributed by atoms with van der Waals surface area (Å²) in [5.74, 6) is 0.766. The molecule has 1 aliphatic rings. The van der Waals surface area contributed by atoms with Gasteiger partial charge in [-0.25, -0.2) is 4.98 Å². The predicted octanol–water partition coefficient (Wildman–Crippen LogP) is 3.98. The molecule has 0 unspecified atom stereocenters. The number of fused-ring (bicyclic) bond motifs is 1. The van der Waals surface area contributed by atoms with Crippen molar-refractivity contribution in [2.24, 2.45) is 4.99 Å². The van der Waals surface area contributed by atoms with Crippen molar-refractivity contribution >= 4 is 23.0 Å². The van der Waals surface area contributed by atoms with E-state index in [1.165, 1.54) is 17.7 Å². The molecule has 0 amide bonds. The second-order valence-corrected chi connectivity index (χ2v) is 6.80. The lowest BCUT2D eigenvalue weighted by Crippen LogP contribution is -2.17. The lowest BCUT2D eigenvalue weighted by molar-refractivity contribution is 0.475. The number of aliphatic imine (C=N–C) groups is 1. The molecule has 7 nitrogen and oxygen atoms in total. The van der Waals surface area contributed by atoms with E-state index in [0.717, 1.165) is 17.8 Å². The van der Waals surface area contributed by atoms with E-state index in [-0.39, 0.29) is 16.9 Å². The molecule has 146 valence electrons. The van der Waals surface area contributed by atoms with Gasteiger partial charge in [0.1, 0.15) is 40.7 Å². The Labute approximate surface area is 174 Å². The first-order valence-corrected chi connectivity index (χ1v) is 9.38. The Morgan fingerprint density at radius 2 is 1.80 bits per heavy atom. The normalized spacial score (nSPS) is 11.8. The average Bonchev–Trinajstić information content (AvgIpc) is 3.19. The molecule has 3 aromatic rings. The molecule has 0 radical (unpaired) electrons. The van der Waals surface area contributed by atoms with Gasteiger partial charge in [0, 0.05) is 24.7 Å². The zero-order chi connectivity index (χ0) is 21.1. The van der Waals surface area contributed by atoms with Gasteiger partial charge in [-0.15, -0.1) is 0 Å². The van der Waals surface area contributed by atoms with Crippen molar-refractivity contribution in [3.05, 3.63) is 65.2 Å². The standard InChI is InChI=1S/C23H18N6O/c1-26-22-18(11-24)21(15-6-4-7-17(30)10-15)19(12-25)23(29-22)27-13-16-9-14-5-2-3-8-20(14)28-16/h2-8,10,30H,9,13H2,1H3,(H2,26,27,29). The molecule has 0 saturated carbocycles. The highest BCUT2D eigenvalue weighted by atomic mass is 16.3. The molecule has 30 heavy (non-hydrogen) atoms. The SMILES string of the molecule is CNc1nc(NCC2=Nc3ccccc3C2)c(C#N)c(-c2cccc(O)c2)c1C#N. The third-order valence-electron chi connectivity index (χ3n) is 4.92. The van der Waals surface area contributed by atoms with Gasteiger partial charge in [0.15, 0.2) is 0 Å². The monoisotopic (exact) mass is 394 g/mol. The van der Waals surface area contributed by atoms with E-state index < -0.39 is 0 Å². The van der Waals surface area contributed by atoms with Crippen molar-refractivity contribution in [2.75, 3.05) is 24.2 Å². The minimum atomic E-state index is 0.0516. The number of anilines is 2. The molecule has 0 saturated heterocycles. The molecule has 0 bridgehead atoms. The Kier molecular flexibility index (Phi) is 5.02. The third kappa shape index (κ3) is 3.41. The molecule has 3 N–H and O–H groups in total. The maximum Gasteiger partial charge on any atom is 0.147 e. The lowest BCUT2D eigenvalue weighted by atomic mass is 9.95. The number of phenolic OH excluding ortho intramolecular Hbond substituents is 1. The molecule has 2 aromatic carbocycles. The first kappa shape index (κ1) is 19.0. The van der Waals surface area contributed by atoms with Crippen LogP contribution in [0.2, 0.25) is 0 Å². The average molecular weight is 394 g/mol. The van der Waals surface area contributed by atoms with Crippen LogP contribution in [0.5, 0.6) is 5.75 Å². The van der Waals surface area contributed by atoms with Gasteiger partial charge in [-0.2, -0.15) is 10.5 Å². The van der Waals surface area contributed by atoms with Crippen LogP contribution in [0.1, 0.15) is 16.7 Å². The molecule has 7 heteroatoms. The third-order valence-corrected chi connectivity index (χ3v) is 4.92. The second kappa shape index (κ2) is 7.94. The molecule has 0 aliphatic carbocycles. The summed E-state index contributed by atoms with van der Waals surface area (Å²) in [5.41, 5.74) is 4.54. The highest BCUT2D eigenvalue weighted by Gasteiger charge is 2.22. The molecule has 2 heterocycles. The summed E-state index contributed by atoms with van der Waals surface area (Å²) in [6.45, 7) is 0.422. The molecule has 0 fully saturated rings. The number of nitrogens with one attached hydrogen (secondary N) is 2. The number of aromatic hydroxyl groups is 1. The largest absolute Gasteiger partial charge is 0.508 e. The summed E-state index contributed by atoms with van der Waals surface area (Å²) in [6.07, 6.45) is 0.736. The van der Waals surface area contributed by atoms with Crippen molar-refractivity contribution in [1.82, 2.24) is 4.98 Å². The van der Waals surface area contributed by atoms with E-state index in [1.54, 1.807) is 19.2 Å². The maximum atomic E-state index is 9.90. The smallest absolute Gasteiger partial charge is 0.147 e. The number of hydrogen-bond donors (Lipinski definition) is 3. The molecular formula is C23H18N6O. The highest BCUT2D eigenvalue weighted by Crippen LogP contribution is 2.36. The number of nitrogens with zero attached hydrogens (tertiary/aromatic N) is 4. The van der Waals surface area contributed by atoms with Gasteiger partial charge in [-0.1, -0.05) is 30.3 Å². The Bertz CT molecular complexity index is 1250. The first-order valence-electron chi connectivity index (χ1n) is 9.38. The van der Waals surface area contributed by atoms with E-state index in [0.29, 0.717) is 29.3 Å². The van der Waals surface area contributed by atoms with Crippen molar-refractivity contribution < 1.29 is 5.11 Å². The van der Waals surface area contributed by atoms with Gasteiger partial charge >= 0.3 is 0 Å². The predicted molar refractivity (Wildman–Crippen MR) is 116 cm³/mol. The van der Waals surface area contributed by atoms with Gasteiger partial charge in [0.05, 0.1) is 12.2 Å². The fraction of sp³-hybridized carbons (Fsp3) is 0.130. The number of nitriles is 2. The van der Waals surface area contributed by atoms with Crippen LogP contribution in [-0.2, 0) is 6.42 Å². The van der Waals surface area contributed by atoms with Crippen LogP contribution in [0.3, 0.4) is 0 Å². The molecule has 1 aromatic heterocycles. The van der Waals surface area contributed by atoms with Crippen LogP contribution < -0.4 is 10.6 Å². The Hall–Kier alpha value is -4.36. The summed E-state index contributed by atoms with van der Waals surface area (Å²) in [7, 11) is 1.67. The molecule has 0 spiro atoms. The van der Waals surface area contributed by atoms with Crippen LogP contribution in [0.15, 0.2) is 53.5 Å². The number of phenols is 1. The Balaban J connectivity index is 1.75. The summed E-state index contributed by atoms with van der Waals surface area (Å²) in [5, 5.41) is 35.7. The number of para-hydroxylation sites is 1. The fourth-order valence-corrected chi connectivity index (χ4v) is 3.55. The van der Waals surface area contributed by atoms with Gasteiger partial charge in [0.2, 0.25) is 0 Å². The number of aromatic nitrogens is 1. The van der Waals surface area contributed by atoms with Crippen LogP contribution in [0, 0.1) is 22.7 Å². The number of rotatable bonds is 5. The number of pyridine rings is 1. The summed E-state index contributed by atoms with van der Waals surface area (Å²) < 4.78 is 0. The zero-order valence-electron chi connectivity index (χ0n) is 16.3. The highest BCUT2D eigenvalue weighted by molar-refractivity contribution is 5.97. The molecular weight excluding hydrogens is 376 g/mol. The summed E-state index contributed by atoms with van der Waals surface area (Å²) in [4.78, 5) is 9.10. The molecule has 0 atom stereocenters. The van der Waals surface area contributed by atoms with E-state index in [4.69, 9.17) is 0 Å². The Morgan fingerprint density at radius 1 is 1.03 bits per heavy atom. The molecule has 4 rings (SSSR count). The minimum absolute atomic E-state index is 0.0516. The van der Waals surface area contributed by atoms with Crippen molar-refractivity contribution in [3.63, 3.8) is 0 Å². The summed E-state index contributed by atoms with van der Waals surface area (Å²) in [6, 6.07) is 18.8. The summed E-state index contributed by atoms with van der Waals surface area (Å²) >= 11 is 0. The van der Waals surface area contributed by atoms with Gasteiger partial charge in [0.25, 0.3) is 0 Å². The van der Waals surface area contributed by atoms with Gasteiger partial charge in [-0.3, -0.25) is 4.99 Å². The van der Waals surface area contributed by atoms with E-state index in [9.17, 15) is 15.6 Å². The lowest BCUT2D eigenvalue weighted by Gasteiger charge is -2.16. The zero-order valence-corrected chi connectivity index (χ0v) is 16.3.